The maximum atomic E-state index is 12.8. The summed E-state index contributed by atoms with van der Waals surface area (Å²) >= 11 is 0. The van der Waals surface area contributed by atoms with Crippen molar-refractivity contribution in [3.8, 4) is 28.4 Å². The predicted molar refractivity (Wildman–Crippen MR) is 123 cm³/mol. The van der Waals surface area contributed by atoms with Crippen LogP contribution in [0.1, 0.15) is 11.1 Å². The lowest BCUT2D eigenvalue weighted by Crippen LogP contribution is -2.24. The van der Waals surface area contributed by atoms with Crippen LogP contribution in [0.2, 0.25) is 0 Å². The van der Waals surface area contributed by atoms with Crippen LogP contribution in [0, 0.1) is 0 Å². The molecule has 0 heterocycles. The number of likely N-dealkylation sites (N-methyl/N-ethyl adjacent to an activating group) is 1. The monoisotopic (exact) mass is 417 g/mol. The molecule has 0 bridgehead atoms. The Hall–Kier alpha value is -3.73. The molecule has 0 aliphatic rings. The van der Waals surface area contributed by atoms with Gasteiger partial charge in [-0.1, -0.05) is 54.6 Å². The van der Waals surface area contributed by atoms with Gasteiger partial charge in [0.1, 0.15) is 5.75 Å². The van der Waals surface area contributed by atoms with E-state index in [0.29, 0.717) is 23.8 Å². The number of ether oxygens (including phenoxy) is 3. The fourth-order valence-electron chi connectivity index (χ4n) is 3.36. The second-order valence-corrected chi connectivity index (χ2v) is 7.00. The summed E-state index contributed by atoms with van der Waals surface area (Å²) in [5, 5.41) is 0. The van der Waals surface area contributed by atoms with Crippen LogP contribution in [0.3, 0.4) is 0 Å². The lowest BCUT2D eigenvalue weighted by molar-refractivity contribution is -0.125. The van der Waals surface area contributed by atoms with E-state index < -0.39 is 0 Å². The Bertz CT molecular complexity index is 1060. The molecule has 5 nitrogen and oxygen atoms in total. The van der Waals surface area contributed by atoms with E-state index in [0.717, 1.165) is 22.3 Å². The molecule has 3 rings (SSSR count). The number of hydrogen-bond donors (Lipinski definition) is 0. The van der Waals surface area contributed by atoms with E-state index in [1.54, 1.807) is 51.5 Å². The molecule has 0 aliphatic carbocycles. The summed E-state index contributed by atoms with van der Waals surface area (Å²) in [7, 11) is 6.51. The molecule has 0 atom stereocenters. The summed E-state index contributed by atoms with van der Waals surface area (Å²) in [6.07, 6.45) is 3.26. The summed E-state index contributed by atoms with van der Waals surface area (Å²) in [5.41, 5.74) is 4.06. The average molecular weight is 418 g/mol. The molecule has 0 saturated heterocycles. The molecule has 0 unspecified atom stereocenters. The molecule has 160 valence electrons. The van der Waals surface area contributed by atoms with Crippen LogP contribution in [0.5, 0.6) is 17.2 Å². The third-order valence-electron chi connectivity index (χ3n) is 5.03. The smallest absolute Gasteiger partial charge is 0.246 e. The van der Waals surface area contributed by atoms with Gasteiger partial charge in [0.05, 0.1) is 21.3 Å². The fraction of sp³-hybridized carbons (Fsp3) is 0.192. The molecule has 31 heavy (non-hydrogen) atoms. The molecule has 3 aromatic rings. The molecule has 3 aromatic carbocycles. The predicted octanol–water partition coefficient (Wildman–Crippen LogP) is 5.05. The van der Waals surface area contributed by atoms with Gasteiger partial charge in [0.15, 0.2) is 11.5 Å². The first-order valence-corrected chi connectivity index (χ1v) is 9.94. The molecule has 0 aliphatic heterocycles. The summed E-state index contributed by atoms with van der Waals surface area (Å²) in [4.78, 5) is 14.5. The van der Waals surface area contributed by atoms with Crippen molar-refractivity contribution in [3.63, 3.8) is 0 Å². The van der Waals surface area contributed by atoms with Gasteiger partial charge >= 0.3 is 0 Å². The minimum Gasteiger partial charge on any atom is -0.496 e. The van der Waals surface area contributed by atoms with E-state index in [1.807, 2.05) is 36.4 Å². The third kappa shape index (κ3) is 5.25. The van der Waals surface area contributed by atoms with Crippen LogP contribution < -0.4 is 14.2 Å². The number of methoxy groups -OCH3 is 3. The van der Waals surface area contributed by atoms with E-state index >= 15 is 0 Å². The van der Waals surface area contributed by atoms with E-state index in [4.69, 9.17) is 14.2 Å². The number of hydrogen-bond acceptors (Lipinski definition) is 4. The summed E-state index contributed by atoms with van der Waals surface area (Å²) in [5.74, 6) is 1.62. The molecule has 0 radical (unpaired) electrons. The average Bonchev–Trinajstić information content (AvgIpc) is 2.82. The minimum absolute atomic E-state index is 0.111. The van der Waals surface area contributed by atoms with Gasteiger partial charge in [-0.3, -0.25) is 4.79 Å². The van der Waals surface area contributed by atoms with Crippen molar-refractivity contribution < 1.29 is 19.0 Å². The molecular weight excluding hydrogens is 390 g/mol. The molecule has 0 spiro atoms. The zero-order valence-corrected chi connectivity index (χ0v) is 18.3. The minimum atomic E-state index is -0.111. The molecular formula is C26H27NO4. The van der Waals surface area contributed by atoms with Crippen LogP contribution in [-0.4, -0.2) is 39.2 Å². The second-order valence-electron chi connectivity index (χ2n) is 7.00. The van der Waals surface area contributed by atoms with Crippen LogP contribution in [-0.2, 0) is 11.3 Å². The molecule has 0 fully saturated rings. The lowest BCUT2D eigenvalue weighted by Gasteiger charge is -2.18. The quantitative estimate of drug-likeness (QED) is 0.481. The van der Waals surface area contributed by atoms with Gasteiger partial charge in [-0.15, -0.1) is 0 Å². The standard InChI is InChI=1S/C26H27NO4/c1-27(18-21-12-8-9-13-22(21)19-10-6-5-7-11-19)26(28)15-14-20-16-24(30-3)25(31-4)17-23(20)29-2/h5-17H,18H2,1-4H3/b15-14+. The van der Waals surface area contributed by atoms with E-state index in [-0.39, 0.29) is 5.91 Å². The molecule has 0 N–H and O–H groups in total. The first-order valence-electron chi connectivity index (χ1n) is 9.94. The van der Waals surface area contributed by atoms with Crippen molar-refractivity contribution in [2.45, 2.75) is 6.54 Å². The van der Waals surface area contributed by atoms with Gasteiger partial charge in [-0.2, -0.15) is 0 Å². The zero-order valence-electron chi connectivity index (χ0n) is 18.3. The van der Waals surface area contributed by atoms with Gasteiger partial charge < -0.3 is 19.1 Å². The van der Waals surface area contributed by atoms with E-state index in [1.165, 1.54) is 6.08 Å². The highest BCUT2D eigenvalue weighted by atomic mass is 16.5. The van der Waals surface area contributed by atoms with Crippen molar-refractivity contribution in [1.29, 1.82) is 0 Å². The first-order chi connectivity index (χ1) is 15.1. The highest BCUT2D eigenvalue weighted by Gasteiger charge is 2.13. The number of carbonyl (C=O) groups is 1. The number of benzene rings is 3. The number of rotatable bonds is 8. The van der Waals surface area contributed by atoms with Crippen LogP contribution >= 0.6 is 0 Å². The highest BCUT2D eigenvalue weighted by molar-refractivity contribution is 5.92. The number of carbonyl (C=O) groups excluding carboxylic acids is 1. The van der Waals surface area contributed by atoms with Crippen molar-refractivity contribution >= 4 is 12.0 Å². The Morgan fingerprint density at radius 3 is 2.13 bits per heavy atom. The Morgan fingerprint density at radius 1 is 0.839 bits per heavy atom. The highest BCUT2D eigenvalue weighted by Crippen LogP contribution is 2.35. The SMILES string of the molecule is COc1cc(OC)c(OC)cc1/C=C/C(=O)N(C)Cc1ccccc1-c1ccccc1. The number of nitrogens with zero attached hydrogens (tertiary/aromatic N) is 1. The van der Waals surface area contributed by atoms with Gasteiger partial charge in [0.25, 0.3) is 0 Å². The Morgan fingerprint density at radius 2 is 1.45 bits per heavy atom. The van der Waals surface area contributed by atoms with Gasteiger partial charge in [0.2, 0.25) is 5.91 Å². The fourth-order valence-corrected chi connectivity index (χ4v) is 3.36. The molecule has 0 saturated carbocycles. The summed E-state index contributed by atoms with van der Waals surface area (Å²) in [6.45, 7) is 0.497. The largest absolute Gasteiger partial charge is 0.496 e. The Labute approximate surface area is 183 Å². The van der Waals surface area contributed by atoms with Crippen LogP contribution in [0.15, 0.2) is 72.8 Å². The zero-order chi connectivity index (χ0) is 22.2. The summed E-state index contributed by atoms with van der Waals surface area (Å²) in [6, 6.07) is 21.8. The van der Waals surface area contributed by atoms with E-state index in [9.17, 15) is 4.79 Å². The van der Waals surface area contributed by atoms with Gasteiger partial charge in [-0.25, -0.2) is 0 Å². The second kappa shape index (κ2) is 10.3. The topological polar surface area (TPSA) is 48.0 Å². The Balaban J connectivity index is 1.79. The van der Waals surface area contributed by atoms with Crippen molar-refractivity contribution in [1.82, 2.24) is 4.90 Å². The van der Waals surface area contributed by atoms with Crippen LogP contribution in [0.25, 0.3) is 17.2 Å². The maximum Gasteiger partial charge on any atom is 0.246 e. The van der Waals surface area contributed by atoms with Gasteiger partial charge in [0, 0.05) is 31.3 Å². The lowest BCUT2D eigenvalue weighted by atomic mass is 9.99. The van der Waals surface area contributed by atoms with Crippen molar-refractivity contribution in [3.05, 3.63) is 83.9 Å². The van der Waals surface area contributed by atoms with Crippen molar-refractivity contribution in [2.75, 3.05) is 28.4 Å². The normalized spacial score (nSPS) is 10.7. The first kappa shape index (κ1) is 22.0. The van der Waals surface area contributed by atoms with Crippen LogP contribution in [0.4, 0.5) is 0 Å². The molecule has 1 amide bonds. The number of amides is 1. The third-order valence-corrected chi connectivity index (χ3v) is 5.03. The molecule has 0 aromatic heterocycles. The van der Waals surface area contributed by atoms with E-state index in [2.05, 4.69) is 18.2 Å². The van der Waals surface area contributed by atoms with Gasteiger partial charge in [-0.05, 0) is 28.8 Å². The summed E-state index contributed by atoms with van der Waals surface area (Å²) < 4.78 is 16.1. The molecule has 5 heteroatoms. The maximum absolute atomic E-state index is 12.8. The Kier molecular flexibility index (Phi) is 7.33. The van der Waals surface area contributed by atoms with Crippen molar-refractivity contribution in [2.24, 2.45) is 0 Å².